The number of nitrogens with one attached hydrogen (secondary N) is 1. The van der Waals surface area contributed by atoms with Crippen molar-refractivity contribution in [3.63, 3.8) is 0 Å². The maximum Gasteiger partial charge on any atom is 0.407 e. The Morgan fingerprint density at radius 2 is 2.13 bits per heavy atom. The minimum Gasteiger partial charge on any atom is -0.303 e. The molecule has 1 aromatic heterocycles. The fourth-order valence-corrected chi connectivity index (χ4v) is 1.60. The summed E-state index contributed by atoms with van der Waals surface area (Å²) in [6.45, 7) is 1.88. The number of nitrogens with zero attached hydrogens (tertiary/aromatic N) is 1. The van der Waals surface area contributed by atoms with Crippen molar-refractivity contribution in [2.75, 3.05) is 6.54 Å². The van der Waals surface area contributed by atoms with Crippen LogP contribution in [-0.4, -0.2) is 17.7 Å². The van der Waals surface area contributed by atoms with Gasteiger partial charge < -0.3 is 5.32 Å². The van der Waals surface area contributed by atoms with Crippen LogP contribution in [0, 0.1) is 0 Å². The highest BCUT2D eigenvalue weighted by molar-refractivity contribution is 9.10. The van der Waals surface area contributed by atoms with Gasteiger partial charge in [-0.3, -0.25) is 4.98 Å². The van der Waals surface area contributed by atoms with Crippen molar-refractivity contribution in [1.29, 1.82) is 0 Å². The summed E-state index contributed by atoms with van der Waals surface area (Å²) in [4.78, 5) is 3.71. The lowest BCUT2D eigenvalue weighted by atomic mass is 10.1. The summed E-state index contributed by atoms with van der Waals surface area (Å²) in [5.74, 6) is 0. The number of aromatic nitrogens is 1. The number of pyridine rings is 1. The lowest BCUT2D eigenvalue weighted by Gasteiger charge is -2.21. The largest absolute Gasteiger partial charge is 0.407 e. The molecule has 0 fully saturated rings. The van der Waals surface area contributed by atoms with Crippen molar-refractivity contribution >= 4 is 15.9 Å². The second-order valence-electron chi connectivity index (χ2n) is 2.97. The molecule has 1 aromatic rings. The van der Waals surface area contributed by atoms with Crippen molar-refractivity contribution < 1.29 is 13.2 Å². The minimum absolute atomic E-state index is 0.110. The minimum atomic E-state index is -4.31. The van der Waals surface area contributed by atoms with E-state index in [1.807, 2.05) is 0 Å². The molecule has 0 aromatic carbocycles. The topological polar surface area (TPSA) is 24.9 Å². The molecule has 0 amide bonds. The van der Waals surface area contributed by atoms with Crippen LogP contribution in [0.1, 0.15) is 18.5 Å². The third-order valence-corrected chi connectivity index (χ3v) is 2.23. The standard InChI is InChI=1S/C9H10BrF3N2/c1-2-15-8(9(11,12)13)6-3-7(10)5-14-4-6/h3-5,8,15H,2H2,1H3. The molecule has 0 spiro atoms. The summed E-state index contributed by atoms with van der Waals surface area (Å²) in [6, 6.07) is -0.249. The second-order valence-corrected chi connectivity index (χ2v) is 3.88. The molecule has 0 aliphatic rings. The fourth-order valence-electron chi connectivity index (χ4n) is 1.21. The van der Waals surface area contributed by atoms with Crippen LogP contribution in [0.3, 0.4) is 0 Å². The normalized spacial score (nSPS) is 13.9. The van der Waals surface area contributed by atoms with E-state index in [2.05, 4.69) is 26.2 Å². The summed E-state index contributed by atoms with van der Waals surface area (Å²) in [5.41, 5.74) is 0.110. The first kappa shape index (κ1) is 12.4. The molecular weight excluding hydrogens is 273 g/mol. The maximum absolute atomic E-state index is 12.6. The molecule has 84 valence electrons. The highest BCUT2D eigenvalue weighted by atomic mass is 79.9. The van der Waals surface area contributed by atoms with E-state index < -0.39 is 12.2 Å². The van der Waals surface area contributed by atoms with E-state index in [0.29, 0.717) is 4.47 Å². The molecule has 0 aliphatic heterocycles. The smallest absolute Gasteiger partial charge is 0.303 e. The average Bonchev–Trinajstić information content (AvgIpc) is 2.12. The van der Waals surface area contributed by atoms with Gasteiger partial charge in [-0.15, -0.1) is 0 Å². The average molecular weight is 283 g/mol. The Morgan fingerprint density at radius 3 is 2.60 bits per heavy atom. The Morgan fingerprint density at radius 1 is 1.47 bits per heavy atom. The summed E-state index contributed by atoms with van der Waals surface area (Å²) in [7, 11) is 0. The van der Waals surface area contributed by atoms with Crippen LogP contribution in [0.25, 0.3) is 0 Å². The van der Waals surface area contributed by atoms with Crippen molar-refractivity contribution in [1.82, 2.24) is 10.3 Å². The van der Waals surface area contributed by atoms with Gasteiger partial charge in [0.05, 0.1) is 0 Å². The first-order chi connectivity index (χ1) is 6.95. The van der Waals surface area contributed by atoms with Crippen molar-refractivity contribution in [2.24, 2.45) is 0 Å². The Hall–Kier alpha value is -0.620. The first-order valence-electron chi connectivity index (χ1n) is 4.35. The molecule has 6 heteroatoms. The van der Waals surface area contributed by atoms with E-state index in [1.54, 1.807) is 6.92 Å². The Balaban J connectivity index is 2.99. The molecule has 15 heavy (non-hydrogen) atoms. The fraction of sp³-hybridized carbons (Fsp3) is 0.444. The van der Waals surface area contributed by atoms with E-state index in [-0.39, 0.29) is 12.1 Å². The zero-order valence-corrected chi connectivity index (χ0v) is 9.56. The Kier molecular flexibility index (Phi) is 4.10. The van der Waals surface area contributed by atoms with Crippen LogP contribution in [-0.2, 0) is 0 Å². The Bertz CT molecular complexity index is 327. The third-order valence-electron chi connectivity index (χ3n) is 1.79. The van der Waals surface area contributed by atoms with E-state index in [9.17, 15) is 13.2 Å². The van der Waals surface area contributed by atoms with Crippen LogP contribution in [0.4, 0.5) is 13.2 Å². The molecule has 0 saturated carbocycles. The molecule has 0 aliphatic carbocycles. The van der Waals surface area contributed by atoms with Gasteiger partial charge in [-0.05, 0) is 34.1 Å². The lowest BCUT2D eigenvalue weighted by Crippen LogP contribution is -2.34. The molecule has 0 bridgehead atoms. The summed E-state index contributed by atoms with van der Waals surface area (Å²) < 4.78 is 38.4. The SMILES string of the molecule is CCNC(c1cncc(Br)c1)C(F)(F)F. The molecular formula is C9H10BrF3N2. The molecule has 1 N–H and O–H groups in total. The molecule has 1 atom stereocenters. The Labute approximate surface area is 94.0 Å². The van der Waals surface area contributed by atoms with E-state index >= 15 is 0 Å². The molecule has 2 nitrogen and oxygen atoms in total. The predicted octanol–water partition coefficient (Wildman–Crippen LogP) is 3.06. The lowest BCUT2D eigenvalue weighted by molar-refractivity contribution is -0.157. The van der Waals surface area contributed by atoms with Crippen molar-refractivity contribution in [2.45, 2.75) is 19.1 Å². The van der Waals surface area contributed by atoms with E-state index in [1.165, 1.54) is 18.5 Å². The summed E-state index contributed by atoms with van der Waals surface area (Å²) in [6.07, 6.45) is -1.65. The van der Waals surface area contributed by atoms with Crippen LogP contribution >= 0.6 is 15.9 Å². The number of halogens is 4. The summed E-state index contributed by atoms with van der Waals surface area (Å²) in [5, 5.41) is 2.38. The van der Waals surface area contributed by atoms with E-state index in [4.69, 9.17) is 0 Å². The first-order valence-corrected chi connectivity index (χ1v) is 5.15. The highest BCUT2D eigenvalue weighted by Gasteiger charge is 2.40. The van der Waals surface area contributed by atoms with Gasteiger partial charge in [-0.25, -0.2) is 0 Å². The van der Waals surface area contributed by atoms with Crippen molar-refractivity contribution in [3.05, 3.63) is 28.5 Å². The molecule has 1 rings (SSSR count). The predicted molar refractivity (Wildman–Crippen MR) is 54.4 cm³/mol. The van der Waals surface area contributed by atoms with E-state index in [0.717, 1.165) is 0 Å². The van der Waals surface area contributed by atoms with Gasteiger partial charge in [0, 0.05) is 16.9 Å². The van der Waals surface area contributed by atoms with Crippen LogP contribution in [0.15, 0.2) is 22.9 Å². The monoisotopic (exact) mass is 282 g/mol. The highest BCUT2D eigenvalue weighted by Crippen LogP contribution is 2.32. The van der Waals surface area contributed by atoms with Crippen LogP contribution < -0.4 is 5.32 Å². The number of hydrogen-bond acceptors (Lipinski definition) is 2. The van der Waals surface area contributed by atoms with Crippen LogP contribution in [0.5, 0.6) is 0 Å². The molecule has 0 radical (unpaired) electrons. The third kappa shape index (κ3) is 3.46. The van der Waals surface area contributed by atoms with Gasteiger partial charge >= 0.3 is 6.18 Å². The molecule has 1 heterocycles. The van der Waals surface area contributed by atoms with Gasteiger partial charge in [-0.2, -0.15) is 13.2 Å². The van der Waals surface area contributed by atoms with Gasteiger partial charge in [0.15, 0.2) is 0 Å². The number of rotatable bonds is 3. The van der Waals surface area contributed by atoms with Crippen LogP contribution in [0.2, 0.25) is 0 Å². The number of hydrogen-bond donors (Lipinski definition) is 1. The molecule has 1 unspecified atom stereocenters. The number of alkyl halides is 3. The maximum atomic E-state index is 12.6. The van der Waals surface area contributed by atoms with Gasteiger partial charge in [0.1, 0.15) is 6.04 Å². The second kappa shape index (κ2) is 4.94. The quantitative estimate of drug-likeness (QED) is 0.922. The zero-order chi connectivity index (χ0) is 11.5. The zero-order valence-electron chi connectivity index (χ0n) is 7.98. The van der Waals surface area contributed by atoms with Gasteiger partial charge in [0.2, 0.25) is 0 Å². The van der Waals surface area contributed by atoms with Gasteiger partial charge in [-0.1, -0.05) is 6.92 Å². The van der Waals surface area contributed by atoms with Crippen molar-refractivity contribution in [3.8, 4) is 0 Å². The van der Waals surface area contributed by atoms with Gasteiger partial charge in [0.25, 0.3) is 0 Å². The molecule has 0 saturated heterocycles. The summed E-state index contributed by atoms with van der Waals surface area (Å²) >= 11 is 3.09.